The van der Waals surface area contributed by atoms with Crippen LogP contribution >= 0.6 is 11.8 Å². The number of carbonyl (C=O) groups is 4. The van der Waals surface area contributed by atoms with Crippen molar-refractivity contribution in [3.05, 3.63) is 31.6 Å². The lowest BCUT2D eigenvalue weighted by Gasteiger charge is -2.40. The Hall–Kier alpha value is -1.61. The quantitative estimate of drug-likeness (QED) is 0.431. The monoisotopic (exact) mass is 411 g/mol. The van der Waals surface area contributed by atoms with Crippen LogP contribution in [0.3, 0.4) is 0 Å². The maximum atomic E-state index is 12.1. The van der Waals surface area contributed by atoms with Crippen molar-refractivity contribution < 1.29 is 38.1 Å². The second-order valence-electron chi connectivity index (χ2n) is 6.22. The summed E-state index contributed by atoms with van der Waals surface area (Å²) in [6.45, 7) is 3.64. The number of esters is 3. The molecule has 28 heavy (non-hydrogen) atoms. The molecule has 0 amide bonds. The summed E-state index contributed by atoms with van der Waals surface area (Å²) in [6, 6.07) is 0. The van der Waals surface area contributed by atoms with E-state index in [4.69, 9.17) is 18.9 Å². The number of ketones is 1. The minimum atomic E-state index is -0.998. The van der Waals surface area contributed by atoms with E-state index < -0.39 is 41.7 Å². The van der Waals surface area contributed by atoms with E-state index in [1.54, 1.807) is 25.7 Å². The number of Topliss-reactive ketones (excluding diaryl/α,β-unsaturated/α-hetero) is 1. The maximum Gasteiger partial charge on any atom is 0.303 e. The van der Waals surface area contributed by atoms with Gasteiger partial charge in [0.2, 0.25) is 0 Å². The molecule has 153 valence electrons. The Morgan fingerprint density at radius 3 is 2.11 bits per heavy atom. The van der Waals surface area contributed by atoms with E-state index in [2.05, 4.69) is 0 Å². The summed E-state index contributed by atoms with van der Waals surface area (Å²) in [5, 5.41) is 0. The second kappa shape index (κ2) is 10.8. The van der Waals surface area contributed by atoms with Gasteiger partial charge in [0.1, 0.15) is 11.2 Å². The van der Waals surface area contributed by atoms with Crippen LogP contribution in [0.4, 0.5) is 0 Å². The van der Waals surface area contributed by atoms with Crippen molar-refractivity contribution in [1.29, 1.82) is 0 Å². The summed E-state index contributed by atoms with van der Waals surface area (Å²) in [6.07, 6.45) is 4.47. The molecule has 1 aliphatic heterocycles. The van der Waals surface area contributed by atoms with E-state index in [-0.39, 0.29) is 18.8 Å². The Bertz CT molecular complexity index is 586. The lowest BCUT2D eigenvalue weighted by atomic mass is 10.0. The number of hydrogen-bond acceptors (Lipinski definition) is 9. The highest BCUT2D eigenvalue weighted by Gasteiger charge is 2.47. The van der Waals surface area contributed by atoms with E-state index in [9.17, 15) is 19.2 Å². The number of ether oxygens (including phenoxy) is 4. The van der Waals surface area contributed by atoms with Crippen LogP contribution in [0, 0.1) is 31.6 Å². The highest BCUT2D eigenvalue weighted by atomic mass is 32.2. The fraction of sp³-hybridized carbons (Fsp3) is 0.526. The molecule has 1 aliphatic carbocycles. The van der Waals surface area contributed by atoms with Crippen molar-refractivity contribution in [1.82, 2.24) is 0 Å². The number of carbonyl (C=O) groups excluding carboxylic acids is 4. The molecule has 0 bridgehead atoms. The third-order valence-electron chi connectivity index (χ3n) is 3.90. The topological polar surface area (TPSA) is 105 Å². The molecule has 0 aromatic rings. The molecular formula is C19H23O8S. The molecule has 4 atom stereocenters. The molecule has 1 saturated carbocycles. The van der Waals surface area contributed by atoms with Gasteiger partial charge in [-0.05, 0) is 25.7 Å². The van der Waals surface area contributed by atoms with Gasteiger partial charge in [0.05, 0.1) is 6.61 Å². The van der Waals surface area contributed by atoms with E-state index >= 15 is 0 Å². The van der Waals surface area contributed by atoms with Gasteiger partial charge in [0.15, 0.2) is 18.3 Å². The standard InChI is InChI=1S/C19H23O8S/c1-11(20)25-16-10-24-19(18(27-13(3)22)17(16)26-12(2)21)28-9-8-15(23)14-6-4-5-7-14/h4-7,16-19H,8-10H2,1-3H3/t16-,17+,18-,19+/m1/s1. The summed E-state index contributed by atoms with van der Waals surface area (Å²) in [7, 11) is 0. The SMILES string of the molecule is CC(=O)O[C@@H]1[C@@H](OC(C)=O)[C@H](SCCC(=O)[C]2[CH][CH][CH][CH]2)OC[C@H]1OC(C)=O. The minimum absolute atomic E-state index is 0.00771. The van der Waals surface area contributed by atoms with Crippen LogP contribution in [0.5, 0.6) is 0 Å². The van der Waals surface area contributed by atoms with Crippen LogP contribution in [0.15, 0.2) is 0 Å². The number of rotatable bonds is 8. The molecule has 2 rings (SSSR count). The lowest BCUT2D eigenvalue weighted by molar-refractivity contribution is -0.213. The smallest absolute Gasteiger partial charge is 0.303 e. The van der Waals surface area contributed by atoms with Crippen LogP contribution in [-0.4, -0.2) is 59.8 Å². The highest BCUT2D eigenvalue weighted by molar-refractivity contribution is 7.99. The molecule has 0 unspecified atom stereocenters. The zero-order chi connectivity index (χ0) is 20.7. The first-order valence-electron chi connectivity index (χ1n) is 8.77. The molecule has 0 N–H and O–H groups in total. The molecular weight excluding hydrogens is 388 g/mol. The molecule has 5 radical (unpaired) electrons. The molecule has 9 heteroatoms. The molecule has 2 fully saturated rings. The first-order chi connectivity index (χ1) is 13.3. The van der Waals surface area contributed by atoms with Crippen molar-refractivity contribution in [2.75, 3.05) is 12.4 Å². The molecule has 1 heterocycles. The van der Waals surface area contributed by atoms with Crippen LogP contribution in [0.2, 0.25) is 0 Å². The summed E-state index contributed by atoms with van der Waals surface area (Å²) in [4.78, 5) is 46.6. The van der Waals surface area contributed by atoms with Gasteiger partial charge in [-0.1, -0.05) is 0 Å². The van der Waals surface area contributed by atoms with Crippen molar-refractivity contribution in [3.8, 4) is 0 Å². The van der Waals surface area contributed by atoms with Crippen LogP contribution in [0.1, 0.15) is 27.2 Å². The molecule has 0 aromatic heterocycles. The predicted molar refractivity (Wildman–Crippen MR) is 98.9 cm³/mol. The third-order valence-corrected chi connectivity index (χ3v) is 5.07. The van der Waals surface area contributed by atoms with E-state index in [1.807, 2.05) is 0 Å². The van der Waals surface area contributed by atoms with Crippen LogP contribution in [0.25, 0.3) is 0 Å². The number of thioether (sulfide) groups is 1. The van der Waals surface area contributed by atoms with Gasteiger partial charge in [-0.2, -0.15) is 0 Å². The van der Waals surface area contributed by atoms with Crippen LogP contribution < -0.4 is 0 Å². The average molecular weight is 411 g/mol. The summed E-state index contributed by atoms with van der Waals surface area (Å²) in [5.41, 5.74) is -0.674. The average Bonchev–Trinajstić information content (AvgIpc) is 3.13. The van der Waals surface area contributed by atoms with Gasteiger partial charge < -0.3 is 18.9 Å². The van der Waals surface area contributed by atoms with Crippen molar-refractivity contribution in [3.63, 3.8) is 0 Å². The third kappa shape index (κ3) is 6.77. The Morgan fingerprint density at radius 2 is 1.54 bits per heavy atom. The molecule has 2 aliphatic rings. The van der Waals surface area contributed by atoms with Gasteiger partial charge in [-0.15, -0.1) is 11.8 Å². The molecule has 1 saturated heterocycles. The van der Waals surface area contributed by atoms with Gasteiger partial charge >= 0.3 is 17.9 Å². The van der Waals surface area contributed by atoms with Gasteiger partial charge in [0.25, 0.3) is 0 Å². The van der Waals surface area contributed by atoms with E-state index in [0.717, 1.165) is 0 Å². The zero-order valence-electron chi connectivity index (χ0n) is 15.9. The molecule has 8 nitrogen and oxygen atoms in total. The summed E-state index contributed by atoms with van der Waals surface area (Å²) >= 11 is 1.27. The molecule has 0 spiro atoms. The zero-order valence-corrected chi connectivity index (χ0v) is 16.7. The van der Waals surface area contributed by atoms with E-state index in [0.29, 0.717) is 11.7 Å². The fourth-order valence-corrected chi connectivity index (χ4v) is 3.93. The number of hydrogen-bond donors (Lipinski definition) is 0. The Balaban J connectivity index is 2.02. The van der Waals surface area contributed by atoms with Crippen molar-refractivity contribution >= 4 is 35.5 Å². The van der Waals surface area contributed by atoms with E-state index in [1.165, 1.54) is 32.5 Å². The normalized spacial score (nSPS) is 27.8. The fourth-order valence-electron chi connectivity index (χ4n) is 2.82. The highest BCUT2D eigenvalue weighted by Crippen LogP contribution is 2.32. The van der Waals surface area contributed by atoms with Gasteiger partial charge in [-0.25, -0.2) is 0 Å². The minimum Gasteiger partial charge on any atom is -0.456 e. The van der Waals surface area contributed by atoms with Crippen molar-refractivity contribution in [2.24, 2.45) is 0 Å². The Morgan fingerprint density at radius 1 is 0.964 bits per heavy atom. The van der Waals surface area contributed by atoms with Gasteiger partial charge in [-0.3, -0.25) is 19.2 Å². The first kappa shape index (κ1) is 22.7. The van der Waals surface area contributed by atoms with Gasteiger partial charge in [0, 0.05) is 38.9 Å². The van der Waals surface area contributed by atoms with Crippen molar-refractivity contribution in [2.45, 2.75) is 50.9 Å². The Kier molecular flexibility index (Phi) is 8.75. The second-order valence-corrected chi connectivity index (χ2v) is 7.42. The summed E-state index contributed by atoms with van der Waals surface area (Å²) < 4.78 is 21.5. The summed E-state index contributed by atoms with van der Waals surface area (Å²) in [5.74, 6) is -0.721. The molecule has 0 aromatic carbocycles. The predicted octanol–water partition coefficient (Wildman–Crippen LogP) is 1.24. The van der Waals surface area contributed by atoms with Crippen LogP contribution in [-0.2, 0) is 38.1 Å². The largest absolute Gasteiger partial charge is 0.456 e. The lowest BCUT2D eigenvalue weighted by Crippen LogP contribution is -2.56. The Labute approximate surface area is 169 Å². The first-order valence-corrected chi connectivity index (χ1v) is 9.82. The maximum absolute atomic E-state index is 12.1.